The van der Waals surface area contributed by atoms with Crippen LogP contribution < -0.4 is 4.72 Å². The van der Waals surface area contributed by atoms with Gasteiger partial charge in [-0.1, -0.05) is 78.4 Å². The summed E-state index contributed by atoms with van der Waals surface area (Å²) in [5.74, 6) is -1.07. The molecule has 0 spiro atoms. The van der Waals surface area contributed by atoms with E-state index in [1.54, 1.807) is 12.1 Å². The number of aryl methyl sites for hydroxylation is 1. The third-order valence-corrected chi connectivity index (χ3v) is 7.87. The molecule has 7 heteroatoms. The molecule has 0 aliphatic carbocycles. The zero-order valence-corrected chi connectivity index (χ0v) is 19.7. The summed E-state index contributed by atoms with van der Waals surface area (Å²) in [5.41, 5.74) is 2.07. The quantitative estimate of drug-likeness (QED) is 0.552. The lowest BCUT2D eigenvalue weighted by molar-refractivity contribution is -0.169. The summed E-state index contributed by atoms with van der Waals surface area (Å²) >= 11 is 0. The zero-order valence-electron chi connectivity index (χ0n) is 18.8. The number of nitrogens with zero attached hydrogens (tertiary/aromatic N) is 1. The number of hydrogen-bond acceptors (Lipinski definition) is 4. The maximum atomic E-state index is 13.1. The number of carboxylic acid groups (broad SMARTS) is 1. The van der Waals surface area contributed by atoms with Crippen molar-refractivity contribution in [1.82, 2.24) is 9.62 Å². The molecule has 0 radical (unpaired) electrons. The van der Waals surface area contributed by atoms with Gasteiger partial charge in [0.15, 0.2) is 0 Å². The second-order valence-corrected chi connectivity index (χ2v) is 10.7. The maximum Gasteiger partial charge on any atom is 0.322 e. The molecule has 1 fully saturated rings. The molecule has 1 aliphatic rings. The molecule has 1 saturated heterocycles. The van der Waals surface area contributed by atoms with Gasteiger partial charge in [-0.2, -0.15) is 0 Å². The predicted molar refractivity (Wildman–Crippen MR) is 127 cm³/mol. The average molecular weight is 465 g/mol. The van der Waals surface area contributed by atoms with Gasteiger partial charge in [0, 0.05) is 5.54 Å². The summed E-state index contributed by atoms with van der Waals surface area (Å²) in [6.45, 7) is 5.64. The third-order valence-electron chi connectivity index (χ3n) is 6.42. The fraction of sp³-hybridized carbons (Fsp3) is 0.269. The SMILES string of the molecule is Cc1ccc(S(=O)(=O)N[C@@H]2[C@@H](C(=O)O)N(C(c3ccccc3)c3ccccc3)C2(C)C)cc1. The Kier molecular flexibility index (Phi) is 6.14. The standard InChI is InChI=1S/C26H28N2O4S/c1-18-14-16-21(17-15-18)33(31,32)27-24-23(25(29)30)28(26(24,2)3)22(19-10-6-4-7-11-19)20-12-8-5-9-13-20/h4-17,22-24,27H,1-3H3,(H,29,30)/t23-,24+/m0/s1. The Morgan fingerprint density at radius 3 is 1.85 bits per heavy atom. The van der Waals surface area contributed by atoms with Crippen molar-refractivity contribution >= 4 is 16.0 Å². The number of carboxylic acids is 1. The molecule has 0 unspecified atom stereocenters. The first-order valence-electron chi connectivity index (χ1n) is 10.8. The highest BCUT2D eigenvalue weighted by atomic mass is 32.2. The average Bonchev–Trinajstić information content (AvgIpc) is 2.79. The first-order chi connectivity index (χ1) is 15.6. The Labute approximate surface area is 194 Å². The molecule has 0 aromatic heterocycles. The summed E-state index contributed by atoms with van der Waals surface area (Å²) in [6.07, 6.45) is 0. The van der Waals surface area contributed by atoms with Gasteiger partial charge < -0.3 is 5.11 Å². The van der Waals surface area contributed by atoms with E-state index in [0.29, 0.717) is 0 Å². The van der Waals surface area contributed by atoms with Crippen molar-refractivity contribution in [3.05, 3.63) is 102 Å². The predicted octanol–water partition coefficient (Wildman–Crippen LogP) is 3.98. The van der Waals surface area contributed by atoms with E-state index in [1.165, 1.54) is 12.1 Å². The van der Waals surface area contributed by atoms with Crippen LogP contribution in [0.3, 0.4) is 0 Å². The molecule has 0 bridgehead atoms. The van der Waals surface area contributed by atoms with Crippen molar-refractivity contribution < 1.29 is 18.3 Å². The van der Waals surface area contributed by atoms with E-state index in [2.05, 4.69) is 4.72 Å². The third kappa shape index (κ3) is 4.31. The van der Waals surface area contributed by atoms with Crippen LogP contribution in [0, 0.1) is 6.92 Å². The summed E-state index contributed by atoms with van der Waals surface area (Å²) in [6, 6.07) is 23.7. The van der Waals surface area contributed by atoms with Gasteiger partial charge >= 0.3 is 5.97 Å². The Hall–Kier alpha value is -3.00. The number of rotatable bonds is 7. The minimum Gasteiger partial charge on any atom is -0.480 e. The van der Waals surface area contributed by atoms with Crippen LogP contribution in [-0.4, -0.2) is 42.0 Å². The monoisotopic (exact) mass is 464 g/mol. The molecule has 2 atom stereocenters. The van der Waals surface area contributed by atoms with Crippen molar-refractivity contribution in [2.45, 2.75) is 49.3 Å². The summed E-state index contributed by atoms with van der Waals surface area (Å²) in [5, 5.41) is 10.2. The Morgan fingerprint density at radius 1 is 0.909 bits per heavy atom. The zero-order chi connectivity index (χ0) is 23.8. The van der Waals surface area contributed by atoms with E-state index in [4.69, 9.17) is 0 Å². The summed E-state index contributed by atoms with van der Waals surface area (Å²) < 4.78 is 28.9. The van der Waals surface area contributed by atoms with Gasteiger partial charge in [0.25, 0.3) is 0 Å². The highest BCUT2D eigenvalue weighted by molar-refractivity contribution is 7.89. The molecule has 172 valence electrons. The molecule has 33 heavy (non-hydrogen) atoms. The van der Waals surface area contributed by atoms with E-state index in [9.17, 15) is 18.3 Å². The van der Waals surface area contributed by atoms with Crippen molar-refractivity contribution in [1.29, 1.82) is 0 Å². The molecule has 0 saturated carbocycles. The molecule has 0 amide bonds. The molecule has 6 nitrogen and oxygen atoms in total. The van der Waals surface area contributed by atoms with Crippen molar-refractivity contribution in [2.24, 2.45) is 0 Å². The molecular formula is C26H28N2O4S. The smallest absolute Gasteiger partial charge is 0.322 e. The normalized spacial score (nSPS) is 20.4. The fourth-order valence-electron chi connectivity index (χ4n) is 4.68. The van der Waals surface area contributed by atoms with Gasteiger partial charge in [0.2, 0.25) is 10.0 Å². The van der Waals surface area contributed by atoms with Crippen LogP contribution in [0.1, 0.15) is 36.6 Å². The van der Waals surface area contributed by atoms with E-state index >= 15 is 0 Å². The number of sulfonamides is 1. The highest BCUT2D eigenvalue weighted by Gasteiger charge is 2.61. The number of likely N-dealkylation sites (tertiary alicyclic amines) is 1. The van der Waals surface area contributed by atoms with Crippen LogP contribution in [-0.2, 0) is 14.8 Å². The molecule has 4 rings (SSSR count). The van der Waals surface area contributed by atoms with E-state index in [-0.39, 0.29) is 10.9 Å². The Bertz CT molecular complexity index is 1190. The molecule has 3 aromatic rings. The number of aliphatic carboxylic acids is 1. The van der Waals surface area contributed by atoms with Gasteiger partial charge in [0.05, 0.1) is 17.0 Å². The van der Waals surface area contributed by atoms with E-state index < -0.39 is 33.6 Å². The highest BCUT2D eigenvalue weighted by Crippen LogP contribution is 2.46. The largest absolute Gasteiger partial charge is 0.480 e. The van der Waals surface area contributed by atoms with Gasteiger partial charge in [-0.3, -0.25) is 9.69 Å². The Morgan fingerprint density at radius 2 is 1.39 bits per heavy atom. The van der Waals surface area contributed by atoms with Gasteiger partial charge in [-0.15, -0.1) is 0 Å². The second kappa shape index (κ2) is 8.74. The number of carbonyl (C=O) groups is 1. The number of nitrogens with one attached hydrogen (secondary N) is 1. The molecule has 1 aliphatic heterocycles. The van der Waals surface area contributed by atoms with Crippen LogP contribution in [0.15, 0.2) is 89.8 Å². The van der Waals surface area contributed by atoms with Gasteiger partial charge in [0.1, 0.15) is 6.04 Å². The fourth-order valence-corrected chi connectivity index (χ4v) is 6.07. The summed E-state index contributed by atoms with van der Waals surface area (Å²) in [4.78, 5) is 14.5. The van der Waals surface area contributed by atoms with Crippen LogP contribution in [0.25, 0.3) is 0 Å². The molecule has 1 heterocycles. The Balaban J connectivity index is 1.73. The first kappa shape index (κ1) is 23.2. The van der Waals surface area contributed by atoms with Crippen molar-refractivity contribution in [3.8, 4) is 0 Å². The van der Waals surface area contributed by atoms with E-state index in [0.717, 1.165) is 16.7 Å². The minimum absolute atomic E-state index is 0.120. The lowest BCUT2D eigenvalue weighted by atomic mass is 9.73. The maximum absolute atomic E-state index is 13.1. The van der Waals surface area contributed by atoms with Crippen LogP contribution >= 0.6 is 0 Å². The van der Waals surface area contributed by atoms with Crippen molar-refractivity contribution in [3.63, 3.8) is 0 Å². The van der Waals surface area contributed by atoms with Gasteiger partial charge in [-0.25, -0.2) is 13.1 Å². The molecule has 3 aromatic carbocycles. The second-order valence-electron chi connectivity index (χ2n) is 8.98. The lowest BCUT2D eigenvalue weighted by Crippen LogP contribution is -2.81. The van der Waals surface area contributed by atoms with Crippen LogP contribution in [0.2, 0.25) is 0 Å². The van der Waals surface area contributed by atoms with E-state index in [1.807, 2.05) is 86.3 Å². The molecular weight excluding hydrogens is 436 g/mol. The first-order valence-corrected chi connectivity index (χ1v) is 12.3. The van der Waals surface area contributed by atoms with Crippen LogP contribution in [0.5, 0.6) is 0 Å². The lowest BCUT2D eigenvalue weighted by Gasteiger charge is -2.62. The topological polar surface area (TPSA) is 86.7 Å². The van der Waals surface area contributed by atoms with Gasteiger partial charge in [-0.05, 0) is 44.0 Å². The van der Waals surface area contributed by atoms with Crippen molar-refractivity contribution in [2.75, 3.05) is 0 Å². The number of benzene rings is 3. The number of hydrogen-bond donors (Lipinski definition) is 2. The van der Waals surface area contributed by atoms with Crippen LogP contribution in [0.4, 0.5) is 0 Å². The minimum atomic E-state index is -3.89. The molecule has 2 N–H and O–H groups in total. The summed E-state index contributed by atoms with van der Waals surface area (Å²) in [7, 11) is -3.89.